The van der Waals surface area contributed by atoms with Crippen molar-refractivity contribution in [2.45, 2.75) is 18.2 Å². The van der Waals surface area contributed by atoms with Crippen LogP contribution < -0.4 is 9.62 Å². The van der Waals surface area contributed by atoms with Gasteiger partial charge >= 0.3 is 0 Å². The Hall–Kier alpha value is -1.99. The van der Waals surface area contributed by atoms with Gasteiger partial charge in [-0.3, -0.25) is 9.10 Å². The maximum atomic E-state index is 12.4. The molecule has 1 N–H and O–H groups in total. The van der Waals surface area contributed by atoms with Crippen LogP contribution >= 0.6 is 11.8 Å². The lowest BCUT2D eigenvalue weighted by Gasteiger charge is -2.22. The maximum absolute atomic E-state index is 12.4. The van der Waals surface area contributed by atoms with E-state index in [1.54, 1.807) is 18.2 Å². The van der Waals surface area contributed by atoms with Crippen molar-refractivity contribution in [3.8, 4) is 0 Å². The number of hydrogen-bond acceptors (Lipinski definition) is 4. The largest absolute Gasteiger partial charge is 0.324 e. The Bertz CT molecular complexity index is 851. The van der Waals surface area contributed by atoms with Gasteiger partial charge in [-0.2, -0.15) is 0 Å². The number of carbonyl (C=O) groups excluding carboxylic acids is 1. The summed E-state index contributed by atoms with van der Waals surface area (Å²) in [7, 11) is -3.58. The number of sulfonamides is 1. The first-order chi connectivity index (χ1) is 11.8. The molecule has 2 aromatic carbocycles. The molecule has 0 aromatic heterocycles. The van der Waals surface area contributed by atoms with Crippen LogP contribution in [0.4, 0.5) is 11.4 Å². The van der Waals surface area contributed by atoms with E-state index in [0.717, 1.165) is 27.4 Å². The molecular weight excluding hydrogens is 356 g/mol. The fourth-order valence-corrected chi connectivity index (χ4v) is 3.74. The van der Waals surface area contributed by atoms with Crippen molar-refractivity contribution in [1.82, 2.24) is 0 Å². The third kappa shape index (κ3) is 5.24. The Kier molecular flexibility index (Phi) is 6.50. The first-order valence-electron chi connectivity index (χ1n) is 7.84. The molecule has 0 saturated heterocycles. The van der Waals surface area contributed by atoms with E-state index >= 15 is 0 Å². The molecule has 2 rings (SSSR count). The van der Waals surface area contributed by atoms with Crippen molar-refractivity contribution >= 4 is 39.1 Å². The molecule has 0 unspecified atom stereocenters. The van der Waals surface area contributed by atoms with Crippen LogP contribution in [0.2, 0.25) is 0 Å². The van der Waals surface area contributed by atoms with Gasteiger partial charge in [0.2, 0.25) is 15.9 Å². The Balaban J connectivity index is 2.24. The Morgan fingerprint density at radius 1 is 1.16 bits per heavy atom. The molecule has 0 fully saturated rings. The summed E-state index contributed by atoms with van der Waals surface area (Å²) in [6.07, 6.45) is 3.80. The third-order valence-electron chi connectivity index (χ3n) is 3.70. The molecule has 0 aliphatic heterocycles. The molecule has 0 heterocycles. The van der Waals surface area contributed by atoms with Gasteiger partial charge in [0, 0.05) is 10.6 Å². The van der Waals surface area contributed by atoms with E-state index in [2.05, 4.69) is 5.32 Å². The summed E-state index contributed by atoms with van der Waals surface area (Å²) in [5.74, 6) is -0.374. The second-order valence-corrected chi connectivity index (χ2v) is 8.32. The summed E-state index contributed by atoms with van der Waals surface area (Å²) >= 11 is 1.52. The van der Waals surface area contributed by atoms with Gasteiger partial charge in [-0.1, -0.05) is 31.2 Å². The molecule has 0 saturated carbocycles. The molecule has 7 heteroatoms. The van der Waals surface area contributed by atoms with E-state index < -0.39 is 10.0 Å². The van der Waals surface area contributed by atoms with Crippen LogP contribution in [0.25, 0.3) is 0 Å². The van der Waals surface area contributed by atoms with Crippen molar-refractivity contribution in [1.29, 1.82) is 0 Å². The highest BCUT2D eigenvalue weighted by Gasteiger charge is 2.21. The first-order valence-corrected chi connectivity index (χ1v) is 10.9. The standard InChI is InChI=1S/C18H22N2O3S2/c1-4-14-8-5-6-11-17(14)19-18(21)13-20(25(3,22)23)15-9-7-10-16(12-15)24-2/h5-12H,4,13H2,1-3H3,(H,19,21). The topological polar surface area (TPSA) is 66.5 Å². The number of nitrogens with zero attached hydrogens (tertiary/aromatic N) is 1. The summed E-state index contributed by atoms with van der Waals surface area (Å²) in [4.78, 5) is 13.4. The lowest BCUT2D eigenvalue weighted by atomic mass is 10.1. The van der Waals surface area contributed by atoms with E-state index in [1.807, 2.05) is 43.5 Å². The molecule has 0 aliphatic rings. The number of anilines is 2. The Morgan fingerprint density at radius 2 is 1.88 bits per heavy atom. The number of benzene rings is 2. The maximum Gasteiger partial charge on any atom is 0.245 e. The van der Waals surface area contributed by atoms with E-state index in [4.69, 9.17) is 0 Å². The lowest BCUT2D eigenvalue weighted by Crippen LogP contribution is -2.37. The third-order valence-corrected chi connectivity index (χ3v) is 5.57. The molecule has 5 nitrogen and oxygen atoms in total. The van der Waals surface area contributed by atoms with Crippen molar-refractivity contribution in [2.75, 3.05) is 28.7 Å². The van der Waals surface area contributed by atoms with Gasteiger partial charge < -0.3 is 5.32 Å². The van der Waals surface area contributed by atoms with Crippen LogP contribution in [0, 0.1) is 0 Å². The summed E-state index contributed by atoms with van der Waals surface area (Å²) < 4.78 is 25.5. The van der Waals surface area contributed by atoms with Gasteiger partial charge in [-0.15, -0.1) is 11.8 Å². The number of nitrogens with one attached hydrogen (secondary N) is 1. The molecule has 2 aromatic rings. The van der Waals surface area contributed by atoms with Gasteiger partial charge in [0.15, 0.2) is 0 Å². The minimum atomic E-state index is -3.58. The Labute approximate surface area is 153 Å². The molecule has 0 radical (unpaired) electrons. The molecule has 1 amide bonds. The summed E-state index contributed by atoms with van der Waals surface area (Å²) in [6, 6.07) is 14.6. The molecule has 25 heavy (non-hydrogen) atoms. The predicted molar refractivity (Wildman–Crippen MR) is 105 cm³/mol. The van der Waals surface area contributed by atoms with Crippen molar-refractivity contribution in [2.24, 2.45) is 0 Å². The lowest BCUT2D eigenvalue weighted by molar-refractivity contribution is -0.114. The van der Waals surface area contributed by atoms with E-state index in [1.165, 1.54) is 11.8 Å². The highest BCUT2D eigenvalue weighted by molar-refractivity contribution is 7.98. The van der Waals surface area contributed by atoms with Gasteiger partial charge in [0.25, 0.3) is 0 Å². The number of para-hydroxylation sites is 1. The Morgan fingerprint density at radius 3 is 2.52 bits per heavy atom. The molecule has 134 valence electrons. The second-order valence-electron chi connectivity index (χ2n) is 5.53. The fraction of sp³-hybridized carbons (Fsp3) is 0.278. The second kappa shape index (κ2) is 8.40. The first kappa shape index (κ1) is 19.3. The number of carbonyl (C=O) groups is 1. The van der Waals surface area contributed by atoms with Crippen LogP contribution in [0.5, 0.6) is 0 Å². The molecule has 0 bridgehead atoms. The molecule has 0 atom stereocenters. The van der Waals surface area contributed by atoms with E-state index in [0.29, 0.717) is 11.4 Å². The monoisotopic (exact) mass is 378 g/mol. The number of rotatable bonds is 7. The van der Waals surface area contributed by atoms with Crippen LogP contribution in [0.15, 0.2) is 53.4 Å². The van der Waals surface area contributed by atoms with Crippen LogP contribution in [0.1, 0.15) is 12.5 Å². The number of thioether (sulfide) groups is 1. The summed E-state index contributed by atoms with van der Waals surface area (Å²) in [5, 5.41) is 2.81. The normalized spacial score (nSPS) is 11.2. The van der Waals surface area contributed by atoms with E-state index in [9.17, 15) is 13.2 Å². The SMILES string of the molecule is CCc1ccccc1NC(=O)CN(c1cccc(SC)c1)S(C)(=O)=O. The zero-order valence-electron chi connectivity index (χ0n) is 14.5. The summed E-state index contributed by atoms with van der Waals surface area (Å²) in [5.41, 5.74) is 2.20. The van der Waals surface area contributed by atoms with Crippen molar-refractivity contribution < 1.29 is 13.2 Å². The van der Waals surface area contributed by atoms with Crippen LogP contribution in [0.3, 0.4) is 0 Å². The van der Waals surface area contributed by atoms with Crippen molar-refractivity contribution in [3.05, 3.63) is 54.1 Å². The van der Waals surface area contributed by atoms with Gasteiger partial charge in [-0.25, -0.2) is 8.42 Å². The minimum absolute atomic E-state index is 0.269. The quantitative estimate of drug-likeness (QED) is 0.750. The zero-order valence-corrected chi connectivity index (χ0v) is 16.2. The molecule has 0 spiro atoms. The predicted octanol–water partition coefficient (Wildman–Crippen LogP) is 3.38. The van der Waals surface area contributed by atoms with Gasteiger partial charge in [0.05, 0.1) is 11.9 Å². The highest BCUT2D eigenvalue weighted by Crippen LogP contribution is 2.24. The number of amides is 1. The zero-order chi connectivity index (χ0) is 18.4. The fourth-order valence-electron chi connectivity index (χ4n) is 2.44. The average molecular weight is 379 g/mol. The van der Waals surface area contributed by atoms with Crippen molar-refractivity contribution in [3.63, 3.8) is 0 Å². The molecule has 0 aliphatic carbocycles. The minimum Gasteiger partial charge on any atom is -0.324 e. The number of aryl methyl sites for hydroxylation is 1. The highest BCUT2D eigenvalue weighted by atomic mass is 32.2. The van der Waals surface area contributed by atoms with E-state index in [-0.39, 0.29) is 12.5 Å². The van der Waals surface area contributed by atoms with Crippen LogP contribution in [-0.2, 0) is 21.2 Å². The number of hydrogen-bond donors (Lipinski definition) is 1. The summed E-state index contributed by atoms with van der Waals surface area (Å²) in [6.45, 7) is 1.73. The smallest absolute Gasteiger partial charge is 0.245 e. The van der Waals surface area contributed by atoms with Crippen LogP contribution in [-0.4, -0.2) is 33.4 Å². The van der Waals surface area contributed by atoms with Gasteiger partial charge in [0.1, 0.15) is 6.54 Å². The van der Waals surface area contributed by atoms with Gasteiger partial charge in [-0.05, 0) is 42.5 Å². The molecular formula is C18H22N2O3S2. The average Bonchev–Trinajstić information content (AvgIpc) is 2.59.